The second-order valence-electron chi connectivity index (χ2n) is 5.29. The molecule has 2 aliphatic rings. The maximum absolute atomic E-state index is 5.73. The summed E-state index contributed by atoms with van der Waals surface area (Å²) in [4.78, 5) is 2.72. The van der Waals surface area contributed by atoms with Gasteiger partial charge in [0, 0.05) is 6.04 Å². The largest absolute Gasteiger partial charge is 0.330 e. The SMILES string of the molecule is CC1CCN(C2CCC(CN)C2)CC1. The van der Waals surface area contributed by atoms with Gasteiger partial charge < -0.3 is 10.6 Å². The lowest BCUT2D eigenvalue weighted by atomic mass is 9.97. The van der Waals surface area contributed by atoms with Crippen LogP contribution in [0.1, 0.15) is 39.0 Å². The highest BCUT2D eigenvalue weighted by Gasteiger charge is 2.29. The van der Waals surface area contributed by atoms with E-state index in [1.165, 1.54) is 45.2 Å². The molecular formula is C12H24N2. The molecule has 2 N–H and O–H groups in total. The number of rotatable bonds is 2. The van der Waals surface area contributed by atoms with E-state index >= 15 is 0 Å². The first-order chi connectivity index (χ1) is 6.79. The second kappa shape index (κ2) is 4.63. The lowest BCUT2D eigenvalue weighted by Gasteiger charge is -2.35. The topological polar surface area (TPSA) is 29.3 Å². The molecule has 82 valence electrons. The van der Waals surface area contributed by atoms with E-state index in [-0.39, 0.29) is 0 Å². The number of hydrogen-bond donors (Lipinski definition) is 1. The molecule has 2 atom stereocenters. The minimum Gasteiger partial charge on any atom is -0.330 e. The van der Waals surface area contributed by atoms with Crippen molar-refractivity contribution in [1.29, 1.82) is 0 Å². The van der Waals surface area contributed by atoms with Gasteiger partial charge in [0.25, 0.3) is 0 Å². The minimum absolute atomic E-state index is 0.819. The third kappa shape index (κ3) is 2.29. The van der Waals surface area contributed by atoms with E-state index in [0.717, 1.165) is 24.4 Å². The minimum atomic E-state index is 0.819. The van der Waals surface area contributed by atoms with Crippen LogP contribution in [-0.2, 0) is 0 Å². The Morgan fingerprint density at radius 2 is 1.86 bits per heavy atom. The van der Waals surface area contributed by atoms with E-state index in [0.29, 0.717) is 0 Å². The zero-order valence-corrected chi connectivity index (χ0v) is 9.41. The van der Waals surface area contributed by atoms with Crippen molar-refractivity contribution in [2.24, 2.45) is 17.6 Å². The van der Waals surface area contributed by atoms with Crippen molar-refractivity contribution in [3.63, 3.8) is 0 Å². The highest BCUT2D eigenvalue weighted by atomic mass is 15.2. The van der Waals surface area contributed by atoms with Gasteiger partial charge in [-0.15, -0.1) is 0 Å². The van der Waals surface area contributed by atoms with Gasteiger partial charge in [0.1, 0.15) is 0 Å². The molecule has 0 spiro atoms. The van der Waals surface area contributed by atoms with Crippen molar-refractivity contribution in [1.82, 2.24) is 4.90 Å². The molecule has 1 aliphatic carbocycles. The predicted octanol–water partition coefficient (Wildman–Crippen LogP) is 1.85. The van der Waals surface area contributed by atoms with Crippen LogP contribution in [0.15, 0.2) is 0 Å². The van der Waals surface area contributed by atoms with Gasteiger partial charge in [0.15, 0.2) is 0 Å². The average molecular weight is 196 g/mol. The van der Waals surface area contributed by atoms with Crippen LogP contribution in [0.25, 0.3) is 0 Å². The highest BCUT2D eigenvalue weighted by molar-refractivity contribution is 4.85. The molecule has 2 nitrogen and oxygen atoms in total. The average Bonchev–Trinajstić information content (AvgIpc) is 2.67. The molecule has 2 heteroatoms. The number of piperidine rings is 1. The van der Waals surface area contributed by atoms with Crippen molar-refractivity contribution in [3.05, 3.63) is 0 Å². The second-order valence-corrected chi connectivity index (χ2v) is 5.29. The normalized spacial score (nSPS) is 36.4. The molecule has 2 unspecified atom stereocenters. The summed E-state index contributed by atoms with van der Waals surface area (Å²) in [7, 11) is 0. The molecule has 2 fully saturated rings. The number of hydrogen-bond acceptors (Lipinski definition) is 2. The quantitative estimate of drug-likeness (QED) is 0.730. The zero-order chi connectivity index (χ0) is 9.97. The van der Waals surface area contributed by atoms with Crippen LogP contribution in [0.3, 0.4) is 0 Å². The van der Waals surface area contributed by atoms with E-state index < -0.39 is 0 Å². The van der Waals surface area contributed by atoms with Crippen molar-refractivity contribution in [2.45, 2.75) is 45.1 Å². The van der Waals surface area contributed by atoms with Gasteiger partial charge in [0.2, 0.25) is 0 Å². The summed E-state index contributed by atoms with van der Waals surface area (Å²) in [5.41, 5.74) is 5.73. The van der Waals surface area contributed by atoms with E-state index in [1.807, 2.05) is 0 Å². The van der Waals surface area contributed by atoms with E-state index in [4.69, 9.17) is 5.73 Å². The first kappa shape index (κ1) is 10.4. The number of nitrogens with two attached hydrogens (primary N) is 1. The standard InChI is InChI=1S/C12H24N2/c1-10-4-6-14(7-5-10)12-3-2-11(8-12)9-13/h10-12H,2-9,13H2,1H3. The summed E-state index contributed by atoms with van der Waals surface area (Å²) in [5.74, 6) is 1.78. The maximum Gasteiger partial charge on any atom is 0.00984 e. The summed E-state index contributed by atoms with van der Waals surface area (Å²) in [5, 5.41) is 0. The van der Waals surface area contributed by atoms with Gasteiger partial charge >= 0.3 is 0 Å². The lowest BCUT2D eigenvalue weighted by Crippen LogP contribution is -2.39. The Bertz CT molecular complexity index is 173. The number of likely N-dealkylation sites (tertiary alicyclic amines) is 1. The number of nitrogens with zero attached hydrogens (tertiary/aromatic N) is 1. The fourth-order valence-corrected chi connectivity index (χ4v) is 2.99. The summed E-state index contributed by atoms with van der Waals surface area (Å²) < 4.78 is 0. The van der Waals surface area contributed by atoms with Gasteiger partial charge in [-0.1, -0.05) is 6.92 Å². The van der Waals surface area contributed by atoms with E-state index in [2.05, 4.69) is 11.8 Å². The summed E-state index contributed by atoms with van der Waals surface area (Å²) in [6.07, 6.45) is 6.95. The van der Waals surface area contributed by atoms with Gasteiger partial charge in [-0.2, -0.15) is 0 Å². The molecule has 0 aromatic carbocycles. The molecular weight excluding hydrogens is 172 g/mol. The Labute approximate surface area is 87.8 Å². The first-order valence-corrected chi connectivity index (χ1v) is 6.23. The third-order valence-corrected chi connectivity index (χ3v) is 4.18. The Kier molecular flexibility index (Phi) is 3.45. The van der Waals surface area contributed by atoms with Crippen molar-refractivity contribution >= 4 is 0 Å². The molecule has 0 aromatic heterocycles. The molecule has 1 heterocycles. The molecule has 1 aliphatic heterocycles. The molecule has 0 bridgehead atoms. The summed E-state index contributed by atoms with van der Waals surface area (Å²) in [6.45, 7) is 5.96. The third-order valence-electron chi connectivity index (χ3n) is 4.18. The van der Waals surface area contributed by atoms with Crippen LogP contribution in [0.4, 0.5) is 0 Å². The van der Waals surface area contributed by atoms with E-state index in [9.17, 15) is 0 Å². The van der Waals surface area contributed by atoms with Crippen molar-refractivity contribution < 1.29 is 0 Å². The summed E-state index contributed by atoms with van der Waals surface area (Å²) in [6, 6.07) is 0.871. The van der Waals surface area contributed by atoms with E-state index in [1.54, 1.807) is 0 Å². The molecule has 14 heavy (non-hydrogen) atoms. The molecule has 1 saturated carbocycles. The highest BCUT2D eigenvalue weighted by Crippen LogP contribution is 2.31. The molecule has 2 rings (SSSR count). The molecule has 0 aromatic rings. The Morgan fingerprint density at radius 3 is 2.43 bits per heavy atom. The van der Waals surface area contributed by atoms with Crippen molar-refractivity contribution in [3.8, 4) is 0 Å². The van der Waals surface area contributed by atoms with Crippen LogP contribution >= 0.6 is 0 Å². The van der Waals surface area contributed by atoms with Gasteiger partial charge in [-0.25, -0.2) is 0 Å². The molecule has 0 amide bonds. The lowest BCUT2D eigenvalue weighted by molar-refractivity contribution is 0.137. The predicted molar refractivity (Wildman–Crippen MR) is 60.2 cm³/mol. The van der Waals surface area contributed by atoms with Crippen LogP contribution < -0.4 is 5.73 Å². The van der Waals surface area contributed by atoms with Gasteiger partial charge in [-0.05, 0) is 63.6 Å². The van der Waals surface area contributed by atoms with Crippen LogP contribution in [0.2, 0.25) is 0 Å². The Morgan fingerprint density at radius 1 is 1.14 bits per heavy atom. The van der Waals surface area contributed by atoms with Crippen molar-refractivity contribution in [2.75, 3.05) is 19.6 Å². The first-order valence-electron chi connectivity index (χ1n) is 6.23. The monoisotopic (exact) mass is 196 g/mol. The Hall–Kier alpha value is -0.0800. The Balaban J connectivity index is 1.79. The van der Waals surface area contributed by atoms with Gasteiger partial charge in [-0.3, -0.25) is 0 Å². The molecule has 1 saturated heterocycles. The van der Waals surface area contributed by atoms with Crippen LogP contribution in [0, 0.1) is 11.8 Å². The van der Waals surface area contributed by atoms with Crippen LogP contribution in [-0.4, -0.2) is 30.6 Å². The smallest absolute Gasteiger partial charge is 0.00984 e. The van der Waals surface area contributed by atoms with Crippen LogP contribution in [0.5, 0.6) is 0 Å². The fraction of sp³-hybridized carbons (Fsp3) is 1.00. The van der Waals surface area contributed by atoms with Gasteiger partial charge in [0.05, 0.1) is 0 Å². The fourth-order valence-electron chi connectivity index (χ4n) is 2.99. The maximum atomic E-state index is 5.73. The zero-order valence-electron chi connectivity index (χ0n) is 9.41. The molecule has 0 radical (unpaired) electrons. The summed E-state index contributed by atoms with van der Waals surface area (Å²) >= 11 is 0.